The fourth-order valence-corrected chi connectivity index (χ4v) is 2.70. The van der Waals surface area contributed by atoms with Crippen molar-refractivity contribution in [1.29, 1.82) is 0 Å². The Kier molecular flexibility index (Phi) is 5.56. The van der Waals surface area contributed by atoms with E-state index in [0.717, 1.165) is 31.6 Å². The van der Waals surface area contributed by atoms with E-state index in [0.29, 0.717) is 24.8 Å². The van der Waals surface area contributed by atoms with Crippen LogP contribution < -0.4 is 5.32 Å². The minimum atomic E-state index is 0.00651. The molecule has 0 aliphatic carbocycles. The molecule has 1 N–H and O–H groups in total. The number of carbonyl (C=O) groups is 1. The lowest BCUT2D eigenvalue weighted by molar-refractivity contribution is 0.0767. The quantitative estimate of drug-likeness (QED) is 0.902. The van der Waals surface area contributed by atoms with Gasteiger partial charge in [0.1, 0.15) is 5.69 Å². The first-order valence-electron chi connectivity index (χ1n) is 7.84. The van der Waals surface area contributed by atoms with E-state index in [1.165, 1.54) is 0 Å². The Morgan fingerprint density at radius 2 is 2.05 bits per heavy atom. The Balaban J connectivity index is 2.02. The summed E-state index contributed by atoms with van der Waals surface area (Å²) in [6.45, 7) is 7.64. The molecule has 0 saturated carbocycles. The van der Waals surface area contributed by atoms with Crippen LogP contribution in [-0.2, 0) is 0 Å². The molecule has 2 heterocycles. The molecule has 116 valence electrons. The Hall–Kier alpha value is -1.62. The zero-order chi connectivity index (χ0) is 15.2. The highest BCUT2D eigenvalue weighted by atomic mass is 16.2. The van der Waals surface area contributed by atoms with Crippen molar-refractivity contribution < 1.29 is 4.79 Å². The van der Waals surface area contributed by atoms with Gasteiger partial charge in [0.15, 0.2) is 0 Å². The summed E-state index contributed by atoms with van der Waals surface area (Å²) in [4.78, 5) is 20.7. The van der Waals surface area contributed by atoms with Crippen LogP contribution in [0, 0.1) is 0 Å². The number of aromatic nitrogens is 1. The Labute approximate surface area is 127 Å². The molecule has 1 fully saturated rings. The Morgan fingerprint density at radius 1 is 1.38 bits per heavy atom. The van der Waals surface area contributed by atoms with Crippen molar-refractivity contribution in [3.63, 3.8) is 0 Å². The summed E-state index contributed by atoms with van der Waals surface area (Å²) in [5.74, 6) is 0.00651. The number of carbonyl (C=O) groups excluding carboxylic acids is 1. The van der Waals surface area contributed by atoms with Crippen molar-refractivity contribution in [2.45, 2.75) is 32.7 Å². The van der Waals surface area contributed by atoms with E-state index < -0.39 is 0 Å². The smallest absolute Gasteiger partial charge is 0.272 e. The molecule has 2 rings (SSSR count). The zero-order valence-electron chi connectivity index (χ0n) is 13.3. The molecule has 0 atom stereocenters. The van der Waals surface area contributed by atoms with E-state index >= 15 is 0 Å². The maximum Gasteiger partial charge on any atom is 0.272 e. The number of hydrogen-bond donors (Lipinski definition) is 1. The predicted molar refractivity (Wildman–Crippen MR) is 85.6 cm³/mol. The first-order valence-corrected chi connectivity index (χ1v) is 7.84. The van der Waals surface area contributed by atoms with E-state index in [-0.39, 0.29) is 5.91 Å². The molecule has 0 unspecified atom stereocenters. The summed E-state index contributed by atoms with van der Waals surface area (Å²) in [5.41, 5.74) is 1.52. The van der Waals surface area contributed by atoms with Gasteiger partial charge in [-0.3, -0.25) is 9.78 Å². The Bertz CT molecular complexity index is 465. The van der Waals surface area contributed by atoms with Gasteiger partial charge >= 0.3 is 0 Å². The van der Waals surface area contributed by atoms with E-state index in [1.54, 1.807) is 11.1 Å². The standard InChI is InChI=1S/C16H26N4O/c1-4-20(5-2)16(21)15-12-14(6-9-17-15)18-13-7-10-19(3)11-8-13/h6,9,12-13H,4-5,7-8,10-11H2,1-3H3,(H,17,18). The monoisotopic (exact) mass is 290 g/mol. The fraction of sp³-hybridized carbons (Fsp3) is 0.625. The number of piperidine rings is 1. The lowest BCUT2D eigenvalue weighted by Crippen LogP contribution is -2.36. The van der Waals surface area contributed by atoms with E-state index in [2.05, 4.69) is 22.2 Å². The van der Waals surface area contributed by atoms with Gasteiger partial charge in [-0.2, -0.15) is 0 Å². The summed E-state index contributed by atoms with van der Waals surface area (Å²) in [6, 6.07) is 4.30. The number of amides is 1. The largest absolute Gasteiger partial charge is 0.382 e. The average molecular weight is 290 g/mol. The normalized spacial score (nSPS) is 16.7. The molecule has 5 heteroatoms. The summed E-state index contributed by atoms with van der Waals surface area (Å²) in [6.07, 6.45) is 3.99. The molecule has 1 saturated heterocycles. The van der Waals surface area contributed by atoms with Crippen LogP contribution in [0.5, 0.6) is 0 Å². The van der Waals surface area contributed by atoms with Gasteiger partial charge < -0.3 is 15.1 Å². The molecule has 1 aliphatic rings. The van der Waals surface area contributed by atoms with Crippen molar-refractivity contribution in [3.8, 4) is 0 Å². The van der Waals surface area contributed by atoms with Crippen molar-refractivity contribution in [1.82, 2.24) is 14.8 Å². The van der Waals surface area contributed by atoms with Gasteiger partial charge in [-0.05, 0) is 59.0 Å². The summed E-state index contributed by atoms with van der Waals surface area (Å²) < 4.78 is 0. The zero-order valence-corrected chi connectivity index (χ0v) is 13.3. The lowest BCUT2D eigenvalue weighted by Gasteiger charge is -2.30. The highest BCUT2D eigenvalue weighted by Crippen LogP contribution is 2.16. The summed E-state index contributed by atoms with van der Waals surface area (Å²) >= 11 is 0. The average Bonchev–Trinajstić information content (AvgIpc) is 2.51. The van der Waals surface area contributed by atoms with Gasteiger partial charge in [0, 0.05) is 31.0 Å². The third-order valence-electron chi connectivity index (χ3n) is 4.12. The third-order valence-corrected chi connectivity index (χ3v) is 4.12. The SMILES string of the molecule is CCN(CC)C(=O)c1cc(NC2CCN(C)CC2)ccn1. The van der Waals surface area contributed by atoms with E-state index in [4.69, 9.17) is 0 Å². The van der Waals surface area contributed by atoms with Crippen LogP contribution in [0.2, 0.25) is 0 Å². The maximum atomic E-state index is 12.3. The summed E-state index contributed by atoms with van der Waals surface area (Å²) in [5, 5.41) is 3.53. The van der Waals surface area contributed by atoms with E-state index in [1.807, 2.05) is 26.0 Å². The van der Waals surface area contributed by atoms with Gasteiger partial charge in [-0.15, -0.1) is 0 Å². The molecular formula is C16H26N4O. The molecule has 1 aliphatic heterocycles. The highest BCUT2D eigenvalue weighted by Gasteiger charge is 2.18. The van der Waals surface area contributed by atoms with Crippen LogP contribution in [-0.4, -0.2) is 60.0 Å². The Morgan fingerprint density at radius 3 is 2.67 bits per heavy atom. The second-order valence-electron chi connectivity index (χ2n) is 5.63. The highest BCUT2D eigenvalue weighted by molar-refractivity contribution is 5.93. The predicted octanol–water partition coefficient (Wildman–Crippen LogP) is 2.07. The number of pyridine rings is 1. The number of nitrogens with zero attached hydrogens (tertiary/aromatic N) is 3. The number of anilines is 1. The van der Waals surface area contributed by atoms with Gasteiger partial charge in [0.05, 0.1) is 0 Å². The fourth-order valence-electron chi connectivity index (χ4n) is 2.70. The van der Waals surface area contributed by atoms with Crippen LogP contribution in [0.3, 0.4) is 0 Å². The topological polar surface area (TPSA) is 48.5 Å². The second kappa shape index (κ2) is 7.41. The molecule has 0 radical (unpaired) electrons. The molecule has 1 aromatic rings. The molecular weight excluding hydrogens is 264 g/mol. The second-order valence-corrected chi connectivity index (χ2v) is 5.63. The van der Waals surface area contributed by atoms with Gasteiger partial charge in [-0.1, -0.05) is 0 Å². The maximum absolute atomic E-state index is 12.3. The molecule has 0 aromatic carbocycles. The molecule has 1 aromatic heterocycles. The summed E-state index contributed by atoms with van der Waals surface area (Å²) in [7, 11) is 2.16. The lowest BCUT2D eigenvalue weighted by atomic mass is 10.1. The van der Waals surface area contributed by atoms with Crippen LogP contribution in [0.1, 0.15) is 37.2 Å². The van der Waals surface area contributed by atoms with E-state index in [9.17, 15) is 4.79 Å². The molecule has 0 bridgehead atoms. The van der Waals surface area contributed by atoms with Crippen molar-refractivity contribution in [2.24, 2.45) is 0 Å². The number of likely N-dealkylation sites (tertiary alicyclic amines) is 1. The molecule has 5 nitrogen and oxygen atoms in total. The van der Waals surface area contributed by atoms with Crippen molar-refractivity contribution in [2.75, 3.05) is 38.5 Å². The van der Waals surface area contributed by atoms with Crippen LogP contribution >= 0.6 is 0 Å². The molecule has 0 spiro atoms. The number of nitrogens with one attached hydrogen (secondary N) is 1. The molecule has 1 amide bonds. The van der Waals surface area contributed by atoms with Gasteiger partial charge in [0.2, 0.25) is 0 Å². The molecule has 21 heavy (non-hydrogen) atoms. The van der Waals surface area contributed by atoms with Gasteiger partial charge in [0.25, 0.3) is 5.91 Å². The number of hydrogen-bond acceptors (Lipinski definition) is 4. The van der Waals surface area contributed by atoms with Gasteiger partial charge in [-0.25, -0.2) is 0 Å². The minimum absolute atomic E-state index is 0.00651. The third kappa shape index (κ3) is 4.17. The van der Waals surface area contributed by atoms with Crippen molar-refractivity contribution in [3.05, 3.63) is 24.0 Å². The van der Waals surface area contributed by atoms with Crippen LogP contribution in [0.4, 0.5) is 5.69 Å². The first-order chi connectivity index (χ1) is 10.1. The minimum Gasteiger partial charge on any atom is -0.382 e. The first kappa shape index (κ1) is 15.8. The van der Waals surface area contributed by atoms with Crippen LogP contribution in [0.25, 0.3) is 0 Å². The van der Waals surface area contributed by atoms with Crippen LogP contribution in [0.15, 0.2) is 18.3 Å². The number of rotatable bonds is 5. The van der Waals surface area contributed by atoms with Crippen molar-refractivity contribution >= 4 is 11.6 Å².